The molecule has 1 aliphatic heterocycles. The van der Waals surface area contributed by atoms with Crippen LogP contribution in [0.3, 0.4) is 0 Å². The van der Waals surface area contributed by atoms with E-state index in [1.165, 1.54) is 24.7 Å². The van der Waals surface area contributed by atoms with Gasteiger partial charge in [0.15, 0.2) is 0 Å². The lowest BCUT2D eigenvalue weighted by Crippen LogP contribution is -2.41. The van der Waals surface area contributed by atoms with Gasteiger partial charge < -0.3 is 0 Å². The van der Waals surface area contributed by atoms with E-state index in [9.17, 15) is 8.42 Å². The minimum Gasteiger partial charge on any atom is -0.296 e. The first-order valence-corrected chi connectivity index (χ1v) is 10.0. The maximum atomic E-state index is 11.2. The summed E-state index contributed by atoms with van der Waals surface area (Å²) in [6.07, 6.45) is 7.48. The highest BCUT2D eigenvalue weighted by Gasteiger charge is 2.22. The number of H-pyrrole nitrogens is 1. The lowest BCUT2D eigenvalue weighted by Gasteiger charge is -2.36. The summed E-state index contributed by atoms with van der Waals surface area (Å²) in [6.45, 7) is 2.49. The Kier molecular flexibility index (Phi) is 4.99. The molecule has 0 saturated carbocycles. The molecule has 126 valence electrons. The van der Waals surface area contributed by atoms with Crippen molar-refractivity contribution in [3.63, 3.8) is 0 Å². The van der Waals surface area contributed by atoms with Gasteiger partial charge in [-0.2, -0.15) is 5.10 Å². The van der Waals surface area contributed by atoms with Gasteiger partial charge in [0.2, 0.25) is 10.0 Å². The lowest BCUT2D eigenvalue weighted by molar-refractivity contribution is 0.133. The minimum atomic E-state index is -3.10. The van der Waals surface area contributed by atoms with Crippen molar-refractivity contribution in [1.82, 2.24) is 19.8 Å². The smallest absolute Gasteiger partial charge is 0.208 e. The van der Waals surface area contributed by atoms with E-state index in [0.29, 0.717) is 12.6 Å². The third kappa shape index (κ3) is 4.53. The Balaban J connectivity index is 1.63. The molecule has 0 bridgehead atoms. The van der Waals surface area contributed by atoms with Gasteiger partial charge in [-0.05, 0) is 37.4 Å². The molecule has 2 heterocycles. The molecule has 6 nitrogen and oxygen atoms in total. The van der Waals surface area contributed by atoms with Gasteiger partial charge in [0.05, 0.1) is 18.0 Å². The summed E-state index contributed by atoms with van der Waals surface area (Å²) in [6, 6.07) is 6.84. The molecule has 3 rings (SSSR count). The molecule has 1 fully saturated rings. The van der Waals surface area contributed by atoms with Gasteiger partial charge in [-0.1, -0.05) is 18.6 Å². The van der Waals surface area contributed by atoms with Crippen molar-refractivity contribution in [2.45, 2.75) is 38.3 Å². The Morgan fingerprint density at radius 2 is 2.26 bits per heavy atom. The van der Waals surface area contributed by atoms with E-state index in [4.69, 9.17) is 0 Å². The van der Waals surface area contributed by atoms with E-state index < -0.39 is 10.0 Å². The number of piperidine rings is 1. The number of fused-ring (bicyclic) bond motifs is 1. The van der Waals surface area contributed by atoms with Crippen LogP contribution in [0.25, 0.3) is 10.9 Å². The topological polar surface area (TPSA) is 78.1 Å². The van der Waals surface area contributed by atoms with Crippen molar-refractivity contribution in [1.29, 1.82) is 0 Å². The zero-order chi connectivity index (χ0) is 16.3. The molecule has 1 saturated heterocycles. The molecule has 1 aromatic carbocycles. The molecular formula is C16H24N4O2S. The summed E-state index contributed by atoms with van der Waals surface area (Å²) < 4.78 is 25.0. The number of likely N-dealkylation sites (tertiary alicyclic amines) is 1. The molecule has 23 heavy (non-hydrogen) atoms. The zero-order valence-electron chi connectivity index (χ0n) is 13.5. The monoisotopic (exact) mass is 336 g/mol. The van der Waals surface area contributed by atoms with Crippen LogP contribution in [0.4, 0.5) is 0 Å². The number of aromatic nitrogens is 2. The van der Waals surface area contributed by atoms with E-state index in [2.05, 4.69) is 38.0 Å². The van der Waals surface area contributed by atoms with Gasteiger partial charge in [0.25, 0.3) is 0 Å². The van der Waals surface area contributed by atoms with Crippen LogP contribution in [-0.4, -0.2) is 48.9 Å². The molecule has 0 aliphatic carbocycles. The molecule has 0 amide bonds. The summed E-state index contributed by atoms with van der Waals surface area (Å²) >= 11 is 0. The van der Waals surface area contributed by atoms with Crippen LogP contribution >= 0.6 is 0 Å². The normalized spacial score (nSPS) is 20.1. The van der Waals surface area contributed by atoms with Gasteiger partial charge in [-0.25, -0.2) is 13.1 Å². The average molecular weight is 336 g/mol. The van der Waals surface area contributed by atoms with E-state index in [-0.39, 0.29) is 0 Å². The predicted octanol–water partition coefficient (Wildman–Crippen LogP) is 1.86. The fourth-order valence-electron chi connectivity index (χ4n) is 3.32. The van der Waals surface area contributed by atoms with Crippen molar-refractivity contribution in [2.75, 3.05) is 19.3 Å². The Bertz CT molecular complexity index is 756. The number of aromatic amines is 1. The maximum absolute atomic E-state index is 11.2. The van der Waals surface area contributed by atoms with E-state index in [1.807, 2.05) is 6.20 Å². The van der Waals surface area contributed by atoms with Crippen LogP contribution in [0.2, 0.25) is 0 Å². The van der Waals surface area contributed by atoms with Gasteiger partial charge in [0, 0.05) is 24.5 Å². The van der Waals surface area contributed by atoms with Crippen LogP contribution < -0.4 is 4.72 Å². The molecule has 1 aliphatic rings. The zero-order valence-corrected chi connectivity index (χ0v) is 14.3. The highest BCUT2D eigenvalue weighted by Crippen LogP contribution is 2.23. The van der Waals surface area contributed by atoms with Crippen LogP contribution in [-0.2, 0) is 16.6 Å². The first-order chi connectivity index (χ1) is 11.0. The summed E-state index contributed by atoms with van der Waals surface area (Å²) in [4.78, 5) is 2.48. The number of nitrogens with one attached hydrogen (secondary N) is 2. The minimum absolute atomic E-state index is 0.440. The van der Waals surface area contributed by atoms with Crippen molar-refractivity contribution in [2.24, 2.45) is 0 Å². The summed E-state index contributed by atoms with van der Waals surface area (Å²) in [5.74, 6) is 0. The van der Waals surface area contributed by atoms with Crippen LogP contribution in [0.15, 0.2) is 24.4 Å². The molecule has 1 atom stereocenters. The fraction of sp³-hybridized carbons (Fsp3) is 0.562. The Morgan fingerprint density at radius 3 is 3.09 bits per heavy atom. The van der Waals surface area contributed by atoms with E-state index in [1.54, 1.807) is 0 Å². The number of nitrogens with zero attached hydrogens (tertiary/aromatic N) is 2. The van der Waals surface area contributed by atoms with Gasteiger partial charge in [-0.15, -0.1) is 0 Å². The SMILES string of the molecule is CS(=O)(=O)NCCC1CCCCN1Cc1ccc2cn[nH]c2c1. The van der Waals surface area contributed by atoms with Gasteiger partial charge >= 0.3 is 0 Å². The Labute approximate surface area is 137 Å². The second kappa shape index (κ2) is 6.98. The molecule has 0 radical (unpaired) electrons. The maximum Gasteiger partial charge on any atom is 0.208 e. The van der Waals surface area contributed by atoms with Crippen LogP contribution in [0, 0.1) is 0 Å². The highest BCUT2D eigenvalue weighted by atomic mass is 32.2. The Hall–Kier alpha value is -1.44. The second-order valence-electron chi connectivity index (χ2n) is 6.37. The van der Waals surface area contributed by atoms with Crippen molar-refractivity contribution >= 4 is 20.9 Å². The standard InChI is InChI=1S/C16H24N4O2S/c1-23(21,22)18-8-7-15-4-2-3-9-20(15)12-13-5-6-14-11-17-19-16(14)10-13/h5-6,10-11,15,18H,2-4,7-9,12H2,1H3,(H,17,19). The summed E-state index contributed by atoms with van der Waals surface area (Å²) in [7, 11) is -3.10. The quantitative estimate of drug-likeness (QED) is 0.844. The van der Waals surface area contributed by atoms with Crippen LogP contribution in [0.1, 0.15) is 31.2 Å². The highest BCUT2D eigenvalue weighted by molar-refractivity contribution is 7.88. The number of hydrogen-bond donors (Lipinski definition) is 2. The van der Waals surface area contributed by atoms with E-state index >= 15 is 0 Å². The summed E-state index contributed by atoms with van der Waals surface area (Å²) in [5.41, 5.74) is 2.33. The number of hydrogen-bond acceptors (Lipinski definition) is 4. The molecule has 0 spiro atoms. The van der Waals surface area contributed by atoms with Crippen molar-refractivity contribution in [3.05, 3.63) is 30.0 Å². The summed E-state index contributed by atoms with van der Waals surface area (Å²) in [5, 5.41) is 8.20. The molecule has 7 heteroatoms. The van der Waals surface area contributed by atoms with Crippen molar-refractivity contribution < 1.29 is 8.42 Å². The Morgan fingerprint density at radius 1 is 1.39 bits per heavy atom. The molecule has 2 N–H and O–H groups in total. The van der Waals surface area contributed by atoms with Crippen LogP contribution in [0.5, 0.6) is 0 Å². The fourth-order valence-corrected chi connectivity index (χ4v) is 3.81. The lowest BCUT2D eigenvalue weighted by atomic mass is 9.98. The van der Waals surface area contributed by atoms with Gasteiger partial charge in [-0.3, -0.25) is 10.00 Å². The number of sulfonamides is 1. The van der Waals surface area contributed by atoms with Gasteiger partial charge in [0.1, 0.15) is 0 Å². The molecule has 1 unspecified atom stereocenters. The number of rotatable bonds is 6. The molecular weight excluding hydrogens is 312 g/mol. The first kappa shape index (κ1) is 16.4. The first-order valence-electron chi connectivity index (χ1n) is 8.12. The predicted molar refractivity (Wildman–Crippen MR) is 91.6 cm³/mol. The molecule has 1 aromatic heterocycles. The third-order valence-corrected chi connectivity index (χ3v) is 5.21. The number of benzene rings is 1. The average Bonchev–Trinajstić information content (AvgIpc) is 2.95. The van der Waals surface area contributed by atoms with Crippen molar-refractivity contribution in [3.8, 4) is 0 Å². The van der Waals surface area contributed by atoms with E-state index in [0.717, 1.165) is 36.8 Å². The largest absolute Gasteiger partial charge is 0.296 e. The molecule has 2 aromatic rings. The second-order valence-corrected chi connectivity index (χ2v) is 8.20. The third-order valence-electron chi connectivity index (χ3n) is 4.48.